The Hall–Kier alpha value is -0.770. The Bertz CT molecular complexity index is 203. The van der Waals surface area contributed by atoms with Gasteiger partial charge in [0.1, 0.15) is 0 Å². The first-order valence-electron chi connectivity index (χ1n) is 6.17. The molecule has 0 saturated heterocycles. The van der Waals surface area contributed by atoms with E-state index in [1.807, 2.05) is 13.8 Å². The van der Waals surface area contributed by atoms with Gasteiger partial charge in [-0.15, -0.1) is 0 Å². The van der Waals surface area contributed by atoms with Crippen molar-refractivity contribution in [2.75, 3.05) is 6.61 Å². The van der Waals surface area contributed by atoms with Gasteiger partial charge < -0.3 is 15.7 Å². The Balaban J connectivity index is 3.97. The number of carbonyl (C=O) groups excluding carboxylic acids is 1. The van der Waals surface area contributed by atoms with Gasteiger partial charge in [-0.2, -0.15) is 0 Å². The van der Waals surface area contributed by atoms with E-state index in [2.05, 4.69) is 24.5 Å². The highest BCUT2D eigenvalue weighted by Gasteiger charge is 2.22. The summed E-state index contributed by atoms with van der Waals surface area (Å²) < 4.78 is 0. The van der Waals surface area contributed by atoms with Gasteiger partial charge >= 0.3 is 6.03 Å². The van der Waals surface area contributed by atoms with Crippen LogP contribution < -0.4 is 10.6 Å². The number of carbonyl (C=O) groups is 1. The van der Waals surface area contributed by atoms with E-state index in [1.165, 1.54) is 0 Å². The first-order chi connectivity index (χ1) is 7.47. The lowest BCUT2D eigenvalue weighted by atomic mass is 9.96. The zero-order valence-corrected chi connectivity index (χ0v) is 11.0. The van der Waals surface area contributed by atoms with Crippen LogP contribution >= 0.6 is 0 Å². The molecule has 0 aliphatic heterocycles. The smallest absolute Gasteiger partial charge is 0.315 e. The summed E-state index contributed by atoms with van der Waals surface area (Å²) in [4.78, 5) is 11.7. The van der Waals surface area contributed by atoms with Gasteiger partial charge in [0.25, 0.3) is 0 Å². The molecule has 96 valence electrons. The lowest BCUT2D eigenvalue weighted by molar-refractivity contribution is 0.218. The number of urea groups is 1. The van der Waals surface area contributed by atoms with Crippen LogP contribution in [0.1, 0.15) is 53.4 Å². The molecule has 0 spiro atoms. The zero-order chi connectivity index (χ0) is 12.6. The van der Waals surface area contributed by atoms with Crippen LogP contribution in [0.25, 0.3) is 0 Å². The standard InChI is InChI=1S/C12H26N2O2/c1-5-12(4,6-2)14-11(16)13-10(3)8-7-9-15/h10,15H,5-9H2,1-4H3,(H2,13,14,16). The van der Waals surface area contributed by atoms with E-state index in [4.69, 9.17) is 5.11 Å². The predicted octanol–water partition coefficient (Wildman–Crippen LogP) is 2.03. The number of rotatable bonds is 7. The molecule has 3 N–H and O–H groups in total. The van der Waals surface area contributed by atoms with Crippen LogP contribution in [0.2, 0.25) is 0 Å². The van der Waals surface area contributed by atoms with Crippen LogP contribution in [0, 0.1) is 0 Å². The minimum atomic E-state index is -0.124. The summed E-state index contributed by atoms with van der Waals surface area (Å²) in [7, 11) is 0. The van der Waals surface area contributed by atoms with Gasteiger partial charge in [-0.1, -0.05) is 13.8 Å². The summed E-state index contributed by atoms with van der Waals surface area (Å²) in [5.74, 6) is 0. The first kappa shape index (κ1) is 15.2. The molecule has 0 aromatic carbocycles. The number of hydrogen-bond donors (Lipinski definition) is 3. The van der Waals surface area contributed by atoms with Crippen molar-refractivity contribution in [3.63, 3.8) is 0 Å². The molecule has 2 amide bonds. The number of aliphatic hydroxyl groups excluding tert-OH is 1. The summed E-state index contributed by atoms with van der Waals surface area (Å²) >= 11 is 0. The van der Waals surface area contributed by atoms with E-state index in [0.29, 0.717) is 0 Å². The van der Waals surface area contributed by atoms with Crippen LogP contribution in [0.3, 0.4) is 0 Å². The minimum absolute atomic E-state index is 0.102. The first-order valence-corrected chi connectivity index (χ1v) is 6.17. The molecular weight excluding hydrogens is 204 g/mol. The third kappa shape index (κ3) is 5.95. The highest BCUT2D eigenvalue weighted by molar-refractivity contribution is 5.75. The fraction of sp³-hybridized carbons (Fsp3) is 0.917. The molecule has 16 heavy (non-hydrogen) atoms. The van der Waals surface area contributed by atoms with Gasteiger partial charge in [0.05, 0.1) is 0 Å². The fourth-order valence-electron chi connectivity index (χ4n) is 1.43. The Morgan fingerprint density at radius 3 is 2.38 bits per heavy atom. The molecule has 1 unspecified atom stereocenters. The quantitative estimate of drug-likeness (QED) is 0.626. The van der Waals surface area contributed by atoms with Crippen LogP contribution in [0.5, 0.6) is 0 Å². The lowest BCUT2D eigenvalue weighted by Gasteiger charge is -2.29. The molecule has 0 saturated carbocycles. The molecule has 0 heterocycles. The maximum Gasteiger partial charge on any atom is 0.315 e. The largest absolute Gasteiger partial charge is 0.396 e. The molecule has 0 bridgehead atoms. The normalized spacial score (nSPS) is 13.3. The molecule has 4 heteroatoms. The van der Waals surface area contributed by atoms with E-state index < -0.39 is 0 Å². The van der Waals surface area contributed by atoms with Gasteiger partial charge in [-0.3, -0.25) is 0 Å². The monoisotopic (exact) mass is 230 g/mol. The van der Waals surface area contributed by atoms with Crippen LogP contribution in [0.15, 0.2) is 0 Å². The van der Waals surface area contributed by atoms with Gasteiger partial charge in [0.15, 0.2) is 0 Å². The average molecular weight is 230 g/mol. The molecule has 0 aromatic heterocycles. The molecule has 4 nitrogen and oxygen atoms in total. The molecule has 0 rings (SSSR count). The average Bonchev–Trinajstić information content (AvgIpc) is 2.25. The van der Waals surface area contributed by atoms with Crippen molar-refractivity contribution < 1.29 is 9.90 Å². The fourth-order valence-corrected chi connectivity index (χ4v) is 1.43. The second-order valence-electron chi connectivity index (χ2n) is 4.63. The minimum Gasteiger partial charge on any atom is -0.396 e. The number of nitrogens with one attached hydrogen (secondary N) is 2. The SMILES string of the molecule is CCC(C)(CC)NC(=O)NC(C)CCCO. The van der Waals surface area contributed by atoms with Crippen LogP contribution in [-0.4, -0.2) is 29.3 Å². The van der Waals surface area contributed by atoms with Crippen molar-refractivity contribution in [1.82, 2.24) is 10.6 Å². The van der Waals surface area contributed by atoms with E-state index in [0.717, 1.165) is 25.7 Å². The molecule has 1 atom stereocenters. The van der Waals surface area contributed by atoms with Crippen molar-refractivity contribution in [2.45, 2.75) is 65.0 Å². The van der Waals surface area contributed by atoms with Crippen molar-refractivity contribution in [3.8, 4) is 0 Å². The van der Waals surface area contributed by atoms with Crippen molar-refractivity contribution in [1.29, 1.82) is 0 Å². The Kier molecular flexibility index (Phi) is 7.13. The molecule has 0 fully saturated rings. The summed E-state index contributed by atoms with van der Waals surface area (Å²) in [5.41, 5.74) is -0.124. The summed E-state index contributed by atoms with van der Waals surface area (Å²) in [6.45, 7) is 8.31. The number of aliphatic hydroxyl groups is 1. The third-order valence-electron chi connectivity index (χ3n) is 3.15. The van der Waals surface area contributed by atoms with Crippen molar-refractivity contribution in [3.05, 3.63) is 0 Å². The summed E-state index contributed by atoms with van der Waals surface area (Å²) in [5, 5.41) is 14.5. The van der Waals surface area contributed by atoms with Gasteiger partial charge in [-0.25, -0.2) is 4.79 Å². The van der Waals surface area contributed by atoms with Gasteiger partial charge in [0, 0.05) is 18.2 Å². The number of amides is 2. The zero-order valence-electron chi connectivity index (χ0n) is 11.0. The van der Waals surface area contributed by atoms with Gasteiger partial charge in [-0.05, 0) is 39.5 Å². The van der Waals surface area contributed by atoms with Crippen molar-refractivity contribution in [2.24, 2.45) is 0 Å². The second-order valence-corrected chi connectivity index (χ2v) is 4.63. The molecule has 0 radical (unpaired) electrons. The maximum absolute atomic E-state index is 11.7. The highest BCUT2D eigenvalue weighted by atomic mass is 16.3. The van der Waals surface area contributed by atoms with Crippen LogP contribution in [-0.2, 0) is 0 Å². The maximum atomic E-state index is 11.7. The lowest BCUT2D eigenvalue weighted by Crippen LogP contribution is -2.51. The van der Waals surface area contributed by atoms with E-state index in [9.17, 15) is 4.79 Å². The summed E-state index contributed by atoms with van der Waals surface area (Å²) in [6, 6.07) is -0.0123. The molecule has 0 aliphatic rings. The Labute approximate surface area is 98.8 Å². The predicted molar refractivity (Wildman–Crippen MR) is 66.4 cm³/mol. The van der Waals surface area contributed by atoms with E-state index in [-0.39, 0.29) is 24.2 Å². The number of hydrogen-bond acceptors (Lipinski definition) is 2. The van der Waals surface area contributed by atoms with E-state index >= 15 is 0 Å². The third-order valence-corrected chi connectivity index (χ3v) is 3.15. The summed E-state index contributed by atoms with van der Waals surface area (Å²) in [6.07, 6.45) is 3.36. The Morgan fingerprint density at radius 2 is 1.94 bits per heavy atom. The molecule has 0 aliphatic carbocycles. The second kappa shape index (κ2) is 7.49. The van der Waals surface area contributed by atoms with E-state index in [1.54, 1.807) is 0 Å². The molecular formula is C12H26N2O2. The topological polar surface area (TPSA) is 61.4 Å². The van der Waals surface area contributed by atoms with Crippen molar-refractivity contribution >= 4 is 6.03 Å². The molecule has 0 aromatic rings. The highest BCUT2D eigenvalue weighted by Crippen LogP contribution is 2.13. The van der Waals surface area contributed by atoms with Gasteiger partial charge in [0.2, 0.25) is 0 Å². The van der Waals surface area contributed by atoms with Crippen LogP contribution in [0.4, 0.5) is 4.79 Å². The Morgan fingerprint density at radius 1 is 1.38 bits per heavy atom.